The highest BCUT2D eigenvalue weighted by Crippen LogP contribution is 2.30. The zero-order chi connectivity index (χ0) is 29.8. The Morgan fingerprint density at radius 1 is 0.571 bits per heavy atom. The Hall–Kier alpha value is -4.51. The molecule has 0 heterocycles. The van der Waals surface area contributed by atoms with Crippen molar-refractivity contribution in [1.82, 2.24) is 0 Å². The summed E-state index contributed by atoms with van der Waals surface area (Å²) in [5, 5.41) is 0. The highest BCUT2D eigenvalue weighted by Gasteiger charge is 2.32. The van der Waals surface area contributed by atoms with Crippen molar-refractivity contribution in [2.45, 2.75) is 44.9 Å². The van der Waals surface area contributed by atoms with Gasteiger partial charge in [-0.05, 0) is 71.5 Å². The molecule has 218 valence electrons. The number of halogens is 4. The van der Waals surface area contributed by atoms with E-state index in [1.807, 2.05) is 48.5 Å². The molecule has 0 amide bonds. The summed E-state index contributed by atoms with van der Waals surface area (Å²) in [6.45, 7) is 8.31. The number of hydrogen-bond acceptors (Lipinski definition) is 3. The number of rotatable bonds is 14. The molecule has 0 fully saturated rings. The second-order valence-electron chi connectivity index (χ2n) is 9.72. The summed E-state index contributed by atoms with van der Waals surface area (Å²) in [5.41, 5.74) is 3.89. The van der Waals surface area contributed by atoms with Gasteiger partial charge < -0.3 is 14.2 Å². The SMILES string of the molecule is [C-]#[N+]c1ccc(-c2ccc(OCCCCCCCCOc3ccc(-c4ccc(OC(F)(F)F)c(F)c4)cc3)cc2)cc1. The second-order valence-corrected chi connectivity index (χ2v) is 9.72. The largest absolute Gasteiger partial charge is 0.573 e. The summed E-state index contributed by atoms with van der Waals surface area (Å²) < 4.78 is 66.3. The molecule has 0 unspecified atom stereocenters. The van der Waals surface area contributed by atoms with Crippen molar-refractivity contribution in [2.75, 3.05) is 13.2 Å². The van der Waals surface area contributed by atoms with Gasteiger partial charge in [-0.3, -0.25) is 0 Å². The zero-order valence-corrected chi connectivity index (χ0v) is 23.0. The van der Waals surface area contributed by atoms with Gasteiger partial charge in [0.2, 0.25) is 0 Å². The van der Waals surface area contributed by atoms with Crippen molar-refractivity contribution in [2.24, 2.45) is 0 Å². The van der Waals surface area contributed by atoms with E-state index in [4.69, 9.17) is 16.0 Å². The molecule has 0 bridgehead atoms. The molecule has 0 saturated heterocycles. The van der Waals surface area contributed by atoms with Gasteiger partial charge >= 0.3 is 6.36 Å². The predicted molar refractivity (Wildman–Crippen MR) is 155 cm³/mol. The maximum Gasteiger partial charge on any atom is 0.573 e. The van der Waals surface area contributed by atoms with Crippen LogP contribution in [0.4, 0.5) is 23.2 Å². The number of ether oxygens (including phenoxy) is 3. The molecule has 4 rings (SSSR count). The first-order valence-electron chi connectivity index (χ1n) is 13.8. The third-order valence-electron chi connectivity index (χ3n) is 6.61. The highest BCUT2D eigenvalue weighted by atomic mass is 19.4. The Labute approximate surface area is 243 Å². The Morgan fingerprint density at radius 3 is 1.45 bits per heavy atom. The van der Waals surface area contributed by atoms with Gasteiger partial charge in [0.15, 0.2) is 17.3 Å². The lowest BCUT2D eigenvalue weighted by molar-refractivity contribution is -0.275. The Balaban J connectivity index is 1.06. The van der Waals surface area contributed by atoms with Crippen molar-refractivity contribution in [3.63, 3.8) is 0 Å². The fourth-order valence-corrected chi connectivity index (χ4v) is 4.39. The molecule has 42 heavy (non-hydrogen) atoms. The molecule has 0 aromatic heterocycles. The average Bonchev–Trinajstić information content (AvgIpc) is 2.99. The van der Waals surface area contributed by atoms with E-state index in [-0.39, 0.29) is 0 Å². The van der Waals surface area contributed by atoms with Crippen LogP contribution in [0.2, 0.25) is 0 Å². The lowest BCUT2D eigenvalue weighted by Crippen LogP contribution is -2.17. The van der Waals surface area contributed by atoms with Crippen LogP contribution >= 0.6 is 0 Å². The lowest BCUT2D eigenvalue weighted by Gasteiger charge is -2.11. The first-order valence-corrected chi connectivity index (χ1v) is 13.8. The molecule has 4 aromatic rings. The van der Waals surface area contributed by atoms with Crippen molar-refractivity contribution in [3.8, 4) is 39.5 Å². The summed E-state index contributed by atoms with van der Waals surface area (Å²) in [6.07, 6.45) is 1.37. The quantitative estimate of drug-likeness (QED) is 0.0849. The van der Waals surface area contributed by atoms with Crippen LogP contribution in [0.25, 0.3) is 27.1 Å². The van der Waals surface area contributed by atoms with Crippen LogP contribution in [0.15, 0.2) is 91.0 Å². The molecule has 0 radical (unpaired) electrons. The molecule has 0 aliphatic rings. The summed E-state index contributed by atoms with van der Waals surface area (Å²) in [6, 6.07) is 25.9. The summed E-state index contributed by atoms with van der Waals surface area (Å²) >= 11 is 0. The van der Waals surface area contributed by atoms with E-state index < -0.39 is 17.9 Å². The van der Waals surface area contributed by atoms with Gasteiger partial charge in [0.25, 0.3) is 0 Å². The van der Waals surface area contributed by atoms with Gasteiger partial charge in [-0.2, -0.15) is 0 Å². The smallest absolute Gasteiger partial charge is 0.494 e. The Morgan fingerprint density at radius 2 is 1.00 bits per heavy atom. The third-order valence-corrected chi connectivity index (χ3v) is 6.61. The van der Waals surface area contributed by atoms with Crippen LogP contribution in [-0.2, 0) is 0 Å². The molecule has 0 N–H and O–H groups in total. The van der Waals surface area contributed by atoms with E-state index >= 15 is 0 Å². The predicted octanol–water partition coefficient (Wildman–Crippen LogP) is 10.4. The van der Waals surface area contributed by atoms with Crippen LogP contribution in [0, 0.1) is 12.4 Å². The molecule has 0 aliphatic carbocycles. The maximum absolute atomic E-state index is 14.0. The fourth-order valence-electron chi connectivity index (χ4n) is 4.39. The van der Waals surface area contributed by atoms with E-state index in [0.717, 1.165) is 67.5 Å². The number of hydrogen-bond donors (Lipinski definition) is 0. The Bertz CT molecular complexity index is 1450. The number of nitrogens with zero attached hydrogens (tertiary/aromatic N) is 1. The van der Waals surface area contributed by atoms with Gasteiger partial charge in [-0.15, -0.1) is 13.2 Å². The van der Waals surface area contributed by atoms with Crippen molar-refractivity contribution >= 4 is 5.69 Å². The minimum Gasteiger partial charge on any atom is -0.494 e. The molecular formula is C34H31F4NO3. The molecule has 4 aromatic carbocycles. The molecule has 0 atom stereocenters. The molecule has 4 nitrogen and oxygen atoms in total. The normalized spacial score (nSPS) is 11.1. The van der Waals surface area contributed by atoms with Gasteiger partial charge in [-0.1, -0.05) is 80.3 Å². The average molecular weight is 578 g/mol. The molecule has 0 spiro atoms. The van der Waals surface area contributed by atoms with E-state index in [1.165, 1.54) is 6.07 Å². The van der Waals surface area contributed by atoms with Crippen LogP contribution in [-0.4, -0.2) is 19.6 Å². The van der Waals surface area contributed by atoms with E-state index in [0.29, 0.717) is 35.8 Å². The fraction of sp³-hybridized carbons (Fsp3) is 0.265. The number of unbranched alkanes of at least 4 members (excludes halogenated alkanes) is 5. The lowest BCUT2D eigenvalue weighted by atomic mass is 10.1. The van der Waals surface area contributed by atoms with Gasteiger partial charge in [0.1, 0.15) is 11.5 Å². The van der Waals surface area contributed by atoms with E-state index in [1.54, 1.807) is 24.3 Å². The van der Waals surface area contributed by atoms with Crippen molar-refractivity contribution < 1.29 is 31.8 Å². The zero-order valence-electron chi connectivity index (χ0n) is 23.0. The molecular weight excluding hydrogens is 546 g/mol. The van der Waals surface area contributed by atoms with Crippen molar-refractivity contribution in [1.29, 1.82) is 0 Å². The van der Waals surface area contributed by atoms with E-state index in [9.17, 15) is 17.6 Å². The van der Waals surface area contributed by atoms with Crippen LogP contribution < -0.4 is 14.2 Å². The standard InChI is InChI=1S/C34H31F4NO3/c1-39-29-15-8-25(9-16-29)26-10-17-30(18-11-26)40-22-6-4-2-3-5-7-23-41-31-19-12-27(13-20-31)28-14-21-33(32(35)24-28)42-34(36,37)38/h8-21,24H,2-7,22-23H2. The van der Waals surface area contributed by atoms with Crippen molar-refractivity contribution in [3.05, 3.63) is 108 Å². The minimum absolute atomic E-state index is 0.442. The summed E-state index contributed by atoms with van der Waals surface area (Å²) in [4.78, 5) is 3.42. The topological polar surface area (TPSA) is 32.0 Å². The first kappa shape index (κ1) is 30.4. The van der Waals surface area contributed by atoms with Crippen LogP contribution in [0.5, 0.6) is 17.2 Å². The molecule has 8 heteroatoms. The molecule has 0 aliphatic heterocycles. The van der Waals surface area contributed by atoms with Crippen LogP contribution in [0.1, 0.15) is 38.5 Å². The number of alkyl halides is 3. The van der Waals surface area contributed by atoms with Gasteiger partial charge in [0.05, 0.1) is 19.8 Å². The second kappa shape index (κ2) is 14.9. The maximum atomic E-state index is 14.0. The first-order chi connectivity index (χ1) is 20.3. The highest BCUT2D eigenvalue weighted by molar-refractivity contribution is 5.67. The minimum atomic E-state index is -4.94. The van der Waals surface area contributed by atoms with Gasteiger partial charge in [-0.25, -0.2) is 9.24 Å². The monoisotopic (exact) mass is 577 g/mol. The summed E-state index contributed by atoms with van der Waals surface area (Å²) in [5.74, 6) is -0.407. The molecule has 0 saturated carbocycles. The van der Waals surface area contributed by atoms with Crippen LogP contribution in [0.3, 0.4) is 0 Å². The van der Waals surface area contributed by atoms with E-state index in [2.05, 4.69) is 9.58 Å². The third kappa shape index (κ3) is 9.55. The Kier molecular flexibility index (Phi) is 10.8. The summed E-state index contributed by atoms with van der Waals surface area (Å²) in [7, 11) is 0. The number of benzene rings is 4. The van der Waals surface area contributed by atoms with Gasteiger partial charge in [0, 0.05) is 0 Å².